The first-order valence-electron chi connectivity index (χ1n) is 8.10. The van der Waals surface area contributed by atoms with Crippen molar-refractivity contribution < 1.29 is 13.9 Å². The second kappa shape index (κ2) is 8.19. The minimum Gasteiger partial charge on any atom is -0.484 e. The number of aromatic nitrogens is 4. The zero-order valence-corrected chi connectivity index (χ0v) is 14.2. The molecule has 0 spiro atoms. The van der Waals surface area contributed by atoms with Gasteiger partial charge in [0.05, 0.1) is 5.69 Å². The van der Waals surface area contributed by atoms with Gasteiger partial charge in [-0.3, -0.25) is 4.79 Å². The van der Waals surface area contributed by atoms with Crippen LogP contribution in [0.5, 0.6) is 5.75 Å². The summed E-state index contributed by atoms with van der Waals surface area (Å²) in [5.41, 5.74) is 1.76. The van der Waals surface area contributed by atoms with Crippen molar-refractivity contribution in [2.24, 2.45) is 0 Å². The molecule has 0 aliphatic rings. The third-order valence-corrected chi connectivity index (χ3v) is 3.86. The maximum Gasteiger partial charge on any atom is 0.257 e. The molecular weight excluding hydrogens is 337 g/mol. The van der Waals surface area contributed by atoms with Gasteiger partial charge in [0.15, 0.2) is 6.61 Å². The molecule has 134 valence electrons. The van der Waals surface area contributed by atoms with Crippen LogP contribution >= 0.6 is 0 Å². The lowest BCUT2D eigenvalue weighted by molar-refractivity contribution is -0.123. The molecule has 1 atom stereocenters. The molecule has 0 saturated heterocycles. The summed E-state index contributed by atoms with van der Waals surface area (Å²) in [6.45, 7) is 2.33. The summed E-state index contributed by atoms with van der Waals surface area (Å²) in [6.07, 6.45) is 1.49. The van der Waals surface area contributed by atoms with Crippen molar-refractivity contribution in [2.45, 2.75) is 12.8 Å². The van der Waals surface area contributed by atoms with Gasteiger partial charge in [-0.05, 0) is 58.3 Å². The summed E-state index contributed by atoms with van der Waals surface area (Å²) in [5, 5.41) is 13.7. The molecule has 0 bridgehead atoms. The highest BCUT2D eigenvalue weighted by molar-refractivity contribution is 5.77. The number of tetrazole rings is 1. The van der Waals surface area contributed by atoms with E-state index in [1.807, 2.05) is 6.92 Å². The lowest BCUT2D eigenvalue weighted by Gasteiger charge is -2.13. The third-order valence-electron chi connectivity index (χ3n) is 3.86. The van der Waals surface area contributed by atoms with Crippen LogP contribution in [-0.2, 0) is 4.79 Å². The second-order valence-corrected chi connectivity index (χ2v) is 5.79. The summed E-state index contributed by atoms with van der Waals surface area (Å²) in [5.74, 6) is 0.159. The molecule has 3 rings (SSSR count). The van der Waals surface area contributed by atoms with Crippen LogP contribution in [0.15, 0.2) is 54.9 Å². The number of nitrogens with one attached hydrogen (secondary N) is 1. The third kappa shape index (κ3) is 4.62. The molecule has 0 saturated carbocycles. The molecule has 0 fully saturated rings. The lowest BCUT2D eigenvalue weighted by atomic mass is 10.0. The topological polar surface area (TPSA) is 81.9 Å². The van der Waals surface area contributed by atoms with Crippen molar-refractivity contribution in [3.63, 3.8) is 0 Å². The zero-order valence-electron chi connectivity index (χ0n) is 14.2. The molecule has 26 heavy (non-hydrogen) atoms. The first-order valence-corrected chi connectivity index (χ1v) is 8.10. The molecule has 7 nitrogen and oxygen atoms in total. The van der Waals surface area contributed by atoms with Crippen LogP contribution in [0.1, 0.15) is 18.4 Å². The van der Waals surface area contributed by atoms with Gasteiger partial charge in [0.25, 0.3) is 5.91 Å². The molecule has 0 radical (unpaired) electrons. The van der Waals surface area contributed by atoms with E-state index >= 15 is 0 Å². The van der Waals surface area contributed by atoms with Crippen molar-refractivity contribution in [1.29, 1.82) is 0 Å². The Morgan fingerprint density at radius 1 is 1.19 bits per heavy atom. The SMILES string of the molecule is CC(CNC(=O)COc1ccc(-n2cnnn2)cc1)c1ccc(F)cc1. The van der Waals surface area contributed by atoms with E-state index in [0.29, 0.717) is 12.3 Å². The van der Waals surface area contributed by atoms with Crippen LogP contribution < -0.4 is 10.1 Å². The first kappa shape index (κ1) is 17.5. The van der Waals surface area contributed by atoms with Gasteiger partial charge in [0.2, 0.25) is 0 Å². The highest BCUT2D eigenvalue weighted by Crippen LogP contribution is 2.15. The molecule has 3 aromatic rings. The highest BCUT2D eigenvalue weighted by atomic mass is 19.1. The number of ether oxygens (including phenoxy) is 1. The highest BCUT2D eigenvalue weighted by Gasteiger charge is 2.09. The van der Waals surface area contributed by atoms with E-state index in [9.17, 15) is 9.18 Å². The van der Waals surface area contributed by atoms with Crippen LogP contribution in [0, 0.1) is 5.82 Å². The quantitative estimate of drug-likeness (QED) is 0.702. The maximum atomic E-state index is 12.9. The molecule has 1 aromatic heterocycles. The smallest absolute Gasteiger partial charge is 0.257 e. The number of nitrogens with zero attached hydrogens (tertiary/aromatic N) is 4. The van der Waals surface area contributed by atoms with Crippen LogP contribution in [-0.4, -0.2) is 39.3 Å². The predicted molar refractivity (Wildman–Crippen MR) is 92.5 cm³/mol. The maximum absolute atomic E-state index is 12.9. The Kier molecular flexibility index (Phi) is 5.52. The van der Waals surface area contributed by atoms with Gasteiger partial charge in [0, 0.05) is 6.54 Å². The standard InChI is InChI=1S/C18H18FN5O2/c1-13(14-2-4-15(19)5-3-14)10-20-18(25)11-26-17-8-6-16(7-9-17)24-12-21-22-23-24/h2-9,12-13H,10-11H2,1H3,(H,20,25). The van der Waals surface area contributed by atoms with Crippen LogP contribution in [0.2, 0.25) is 0 Å². The van der Waals surface area contributed by atoms with Gasteiger partial charge in [-0.2, -0.15) is 0 Å². The zero-order chi connectivity index (χ0) is 18.4. The Labute approximate surface area is 149 Å². The number of amides is 1. The largest absolute Gasteiger partial charge is 0.484 e. The fraction of sp³-hybridized carbons (Fsp3) is 0.222. The molecule has 1 N–H and O–H groups in total. The fourth-order valence-electron chi connectivity index (χ4n) is 2.35. The van der Waals surface area contributed by atoms with Crippen LogP contribution in [0.4, 0.5) is 4.39 Å². The number of benzene rings is 2. The molecule has 2 aromatic carbocycles. The second-order valence-electron chi connectivity index (χ2n) is 5.79. The van der Waals surface area contributed by atoms with Gasteiger partial charge < -0.3 is 10.1 Å². The number of carbonyl (C=O) groups is 1. The average molecular weight is 355 g/mol. The van der Waals surface area contributed by atoms with Crippen molar-refractivity contribution in [3.8, 4) is 11.4 Å². The first-order chi connectivity index (χ1) is 12.6. The minimum atomic E-state index is -0.274. The van der Waals surface area contributed by atoms with Crippen LogP contribution in [0.25, 0.3) is 5.69 Å². The van der Waals surface area contributed by atoms with E-state index in [0.717, 1.165) is 11.3 Å². The van der Waals surface area contributed by atoms with Crippen LogP contribution in [0.3, 0.4) is 0 Å². The number of carbonyl (C=O) groups excluding carboxylic acids is 1. The Morgan fingerprint density at radius 3 is 2.58 bits per heavy atom. The van der Waals surface area contributed by atoms with Crippen molar-refractivity contribution >= 4 is 5.91 Å². The molecule has 1 heterocycles. The van der Waals surface area contributed by atoms with E-state index in [2.05, 4.69) is 20.8 Å². The fourth-order valence-corrected chi connectivity index (χ4v) is 2.35. The number of rotatable bonds is 7. The Morgan fingerprint density at radius 2 is 1.92 bits per heavy atom. The number of hydrogen-bond acceptors (Lipinski definition) is 5. The molecule has 1 amide bonds. The summed E-state index contributed by atoms with van der Waals surface area (Å²) in [7, 11) is 0. The molecule has 0 aliphatic heterocycles. The van der Waals surface area contributed by atoms with E-state index < -0.39 is 0 Å². The van der Waals surface area contributed by atoms with Crippen molar-refractivity contribution in [2.75, 3.05) is 13.2 Å². The molecule has 1 unspecified atom stereocenters. The molecule has 8 heteroatoms. The van der Waals surface area contributed by atoms with Crippen molar-refractivity contribution in [3.05, 3.63) is 66.2 Å². The van der Waals surface area contributed by atoms with E-state index in [1.54, 1.807) is 36.4 Å². The van der Waals surface area contributed by atoms with E-state index in [-0.39, 0.29) is 24.2 Å². The summed E-state index contributed by atoms with van der Waals surface area (Å²) in [6, 6.07) is 13.3. The minimum absolute atomic E-state index is 0.0788. The summed E-state index contributed by atoms with van der Waals surface area (Å²) in [4.78, 5) is 11.9. The Hall–Kier alpha value is -3.29. The Balaban J connectivity index is 1.44. The van der Waals surface area contributed by atoms with E-state index in [1.165, 1.54) is 23.1 Å². The number of hydrogen-bond donors (Lipinski definition) is 1. The number of halogens is 1. The average Bonchev–Trinajstić information content (AvgIpc) is 3.20. The summed E-state index contributed by atoms with van der Waals surface area (Å²) < 4.78 is 19.9. The Bertz CT molecular complexity index is 835. The van der Waals surface area contributed by atoms with Gasteiger partial charge in [-0.25, -0.2) is 9.07 Å². The molecule has 0 aliphatic carbocycles. The van der Waals surface area contributed by atoms with Gasteiger partial charge in [-0.15, -0.1) is 5.10 Å². The van der Waals surface area contributed by atoms with Gasteiger partial charge >= 0.3 is 0 Å². The normalized spacial score (nSPS) is 11.8. The van der Waals surface area contributed by atoms with Gasteiger partial charge in [-0.1, -0.05) is 19.1 Å². The lowest BCUT2D eigenvalue weighted by Crippen LogP contribution is -2.31. The van der Waals surface area contributed by atoms with Crippen molar-refractivity contribution in [1.82, 2.24) is 25.5 Å². The summed E-state index contributed by atoms with van der Waals surface area (Å²) >= 11 is 0. The monoisotopic (exact) mass is 355 g/mol. The van der Waals surface area contributed by atoms with E-state index in [4.69, 9.17) is 4.74 Å². The molecular formula is C18H18FN5O2. The predicted octanol–water partition coefficient (Wildman–Crippen LogP) is 2.10. The van der Waals surface area contributed by atoms with Gasteiger partial charge in [0.1, 0.15) is 17.9 Å².